The summed E-state index contributed by atoms with van der Waals surface area (Å²) in [6.45, 7) is 3.73. The second kappa shape index (κ2) is 8.42. The van der Waals surface area contributed by atoms with E-state index in [0.29, 0.717) is 28.6 Å². The summed E-state index contributed by atoms with van der Waals surface area (Å²) in [7, 11) is 0. The van der Waals surface area contributed by atoms with E-state index in [2.05, 4.69) is 35.8 Å². The molecule has 1 N–H and O–H groups in total. The Morgan fingerprint density at radius 3 is 2.65 bits per heavy atom. The van der Waals surface area contributed by atoms with Crippen LogP contribution in [0.3, 0.4) is 0 Å². The molecule has 5 rings (SSSR count). The minimum absolute atomic E-state index is 0.112. The summed E-state index contributed by atoms with van der Waals surface area (Å²) in [5.74, 6) is 0.665. The molecule has 0 spiro atoms. The zero-order chi connectivity index (χ0) is 23.8. The van der Waals surface area contributed by atoms with E-state index in [1.807, 2.05) is 0 Å². The summed E-state index contributed by atoms with van der Waals surface area (Å²) in [4.78, 5) is 25.6. The zero-order valence-corrected chi connectivity index (χ0v) is 18.0. The van der Waals surface area contributed by atoms with E-state index in [-0.39, 0.29) is 23.4 Å². The maximum absolute atomic E-state index is 13.5. The number of furan rings is 1. The van der Waals surface area contributed by atoms with Crippen molar-refractivity contribution in [2.24, 2.45) is 0 Å². The molecule has 0 saturated carbocycles. The van der Waals surface area contributed by atoms with E-state index in [1.165, 1.54) is 12.3 Å². The molecule has 0 aliphatic heterocycles. The Morgan fingerprint density at radius 2 is 1.94 bits per heavy atom. The Balaban J connectivity index is 1.60. The number of aromatic nitrogens is 8. The van der Waals surface area contributed by atoms with E-state index in [9.17, 15) is 13.6 Å². The van der Waals surface area contributed by atoms with Crippen molar-refractivity contribution in [1.82, 2.24) is 44.9 Å². The number of imidazole rings is 1. The van der Waals surface area contributed by atoms with Crippen molar-refractivity contribution in [1.29, 1.82) is 0 Å². The van der Waals surface area contributed by atoms with Gasteiger partial charge in [0.25, 0.3) is 12.3 Å². The minimum atomic E-state index is -2.93. The third kappa shape index (κ3) is 3.87. The van der Waals surface area contributed by atoms with Crippen LogP contribution >= 0.6 is 0 Å². The van der Waals surface area contributed by atoms with Gasteiger partial charge in [0.15, 0.2) is 11.4 Å². The van der Waals surface area contributed by atoms with Crippen molar-refractivity contribution in [2.75, 3.05) is 0 Å². The van der Waals surface area contributed by atoms with Gasteiger partial charge in [0.05, 0.1) is 11.8 Å². The van der Waals surface area contributed by atoms with Crippen LogP contribution in [0.15, 0.2) is 47.4 Å². The second-order valence-corrected chi connectivity index (χ2v) is 7.43. The molecule has 11 nitrogen and oxygen atoms in total. The van der Waals surface area contributed by atoms with Gasteiger partial charge in [-0.1, -0.05) is 0 Å². The first kappa shape index (κ1) is 21.3. The fraction of sp³-hybridized carbons (Fsp3) is 0.190. The molecular weight excluding hydrogens is 448 g/mol. The zero-order valence-electron chi connectivity index (χ0n) is 18.0. The normalized spacial score (nSPS) is 11.4. The quantitative estimate of drug-likeness (QED) is 0.405. The van der Waals surface area contributed by atoms with Gasteiger partial charge in [0, 0.05) is 30.7 Å². The first-order valence-corrected chi connectivity index (χ1v) is 10.1. The Bertz CT molecular complexity index is 1490. The molecule has 172 valence electrons. The van der Waals surface area contributed by atoms with E-state index < -0.39 is 18.2 Å². The molecule has 0 atom stereocenters. The molecule has 0 radical (unpaired) electrons. The van der Waals surface area contributed by atoms with Crippen molar-refractivity contribution in [3.05, 3.63) is 71.5 Å². The molecule has 0 aromatic carbocycles. The van der Waals surface area contributed by atoms with E-state index in [1.54, 1.807) is 49.0 Å². The van der Waals surface area contributed by atoms with Crippen LogP contribution in [-0.2, 0) is 6.54 Å². The van der Waals surface area contributed by atoms with E-state index in [0.717, 1.165) is 4.68 Å². The molecule has 0 unspecified atom stereocenters. The summed E-state index contributed by atoms with van der Waals surface area (Å²) >= 11 is 0. The van der Waals surface area contributed by atoms with Crippen molar-refractivity contribution < 1.29 is 18.0 Å². The molecule has 13 heteroatoms. The number of nitrogens with one attached hydrogen (secondary N) is 1. The van der Waals surface area contributed by atoms with Crippen molar-refractivity contribution in [3.63, 3.8) is 0 Å². The standard InChI is InChI=1S/C21H17F2N9O2/c1-11-3-4-17(34-11)16-9-26-19-15(32-20(18(22)23)28-29-30-32)5-14(10-31(16)19)21(33)27-8-13-6-24-12(2)25-7-13/h3-7,9-10,18H,8H2,1-2H3,(H,27,33). The number of amides is 1. The highest BCUT2D eigenvalue weighted by Gasteiger charge is 2.23. The van der Waals surface area contributed by atoms with Crippen molar-refractivity contribution >= 4 is 11.6 Å². The Hall–Kier alpha value is -4.55. The fourth-order valence-corrected chi connectivity index (χ4v) is 3.40. The van der Waals surface area contributed by atoms with Crippen LogP contribution in [0.2, 0.25) is 0 Å². The van der Waals surface area contributed by atoms with Crippen LogP contribution in [0.4, 0.5) is 8.78 Å². The highest BCUT2D eigenvalue weighted by atomic mass is 19.3. The highest BCUT2D eigenvalue weighted by Crippen LogP contribution is 2.28. The lowest BCUT2D eigenvalue weighted by Crippen LogP contribution is -2.24. The lowest BCUT2D eigenvalue weighted by molar-refractivity contribution is 0.0950. The third-order valence-electron chi connectivity index (χ3n) is 5.05. The largest absolute Gasteiger partial charge is 0.460 e. The number of aryl methyl sites for hydroxylation is 2. The number of alkyl halides is 2. The van der Waals surface area contributed by atoms with Gasteiger partial charge < -0.3 is 9.73 Å². The van der Waals surface area contributed by atoms with Gasteiger partial charge in [0.2, 0.25) is 5.82 Å². The predicted molar refractivity (Wildman–Crippen MR) is 113 cm³/mol. The van der Waals surface area contributed by atoms with Crippen LogP contribution in [0.1, 0.15) is 39.8 Å². The number of fused-ring (bicyclic) bond motifs is 1. The predicted octanol–water partition coefficient (Wildman–Crippen LogP) is 2.84. The van der Waals surface area contributed by atoms with Gasteiger partial charge in [-0.3, -0.25) is 9.20 Å². The van der Waals surface area contributed by atoms with Crippen LogP contribution in [0, 0.1) is 13.8 Å². The van der Waals surface area contributed by atoms with Gasteiger partial charge in [0.1, 0.15) is 23.0 Å². The first-order valence-electron chi connectivity index (χ1n) is 10.1. The summed E-state index contributed by atoms with van der Waals surface area (Å²) in [5.41, 5.74) is 1.78. The van der Waals surface area contributed by atoms with Crippen LogP contribution < -0.4 is 5.32 Å². The number of rotatable bonds is 6. The third-order valence-corrected chi connectivity index (χ3v) is 5.05. The summed E-state index contributed by atoms with van der Waals surface area (Å²) in [6.07, 6.45) is 3.36. The van der Waals surface area contributed by atoms with Gasteiger partial charge in [-0.15, -0.1) is 5.10 Å². The average Bonchev–Trinajstić information content (AvgIpc) is 3.57. The van der Waals surface area contributed by atoms with Crippen molar-refractivity contribution in [2.45, 2.75) is 26.8 Å². The molecule has 5 aromatic rings. The van der Waals surface area contributed by atoms with Crippen LogP contribution in [0.5, 0.6) is 0 Å². The number of hydrogen-bond donors (Lipinski definition) is 1. The van der Waals surface area contributed by atoms with Gasteiger partial charge in [-0.05, 0) is 42.5 Å². The summed E-state index contributed by atoms with van der Waals surface area (Å²) in [6, 6.07) is 4.94. The smallest absolute Gasteiger partial charge is 0.299 e. The van der Waals surface area contributed by atoms with Crippen LogP contribution in [-0.4, -0.2) is 45.5 Å². The van der Waals surface area contributed by atoms with Gasteiger partial charge in [-0.2, -0.15) is 4.68 Å². The lowest BCUT2D eigenvalue weighted by Gasteiger charge is -2.11. The molecule has 0 bridgehead atoms. The van der Waals surface area contributed by atoms with E-state index >= 15 is 0 Å². The molecule has 1 amide bonds. The Kier molecular flexibility index (Phi) is 5.28. The summed E-state index contributed by atoms with van der Waals surface area (Å²) < 4.78 is 35.2. The molecule has 5 heterocycles. The Morgan fingerprint density at radius 1 is 1.15 bits per heavy atom. The maximum atomic E-state index is 13.5. The average molecular weight is 465 g/mol. The monoisotopic (exact) mass is 465 g/mol. The maximum Gasteiger partial charge on any atom is 0.299 e. The molecular formula is C21H17F2N9O2. The topological polar surface area (TPSA) is 129 Å². The van der Waals surface area contributed by atoms with Crippen LogP contribution in [0.25, 0.3) is 22.8 Å². The lowest BCUT2D eigenvalue weighted by atomic mass is 10.2. The number of pyridine rings is 1. The minimum Gasteiger partial charge on any atom is -0.460 e. The van der Waals surface area contributed by atoms with Gasteiger partial charge >= 0.3 is 0 Å². The number of halogens is 2. The second-order valence-electron chi connectivity index (χ2n) is 7.43. The number of carbonyl (C=O) groups excluding carboxylic acids is 1. The molecule has 0 aliphatic rings. The fourth-order valence-electron chi connectivity index (χ4n) is 3.40. The molecule has 34 heavy (non-hydrogen) atoms. The van der Waals surface area contributed by atoms with E-state index in [4.69, 9.17) is 4.42 Å². The summed E-state index contributed by atoms with van der Waals surface area (Å²) in [5, 5.41) is 13.2. The number of nitrogens with zero attached hydrogens (tertiary/aromatic N) is 8. The molecule has 0 aliphatic carbocycles. The van der Waals surface area contributed by atoms with Gasteiger partial charge in [-0.25, -0.2) is 23.7 Å². The SMILES string of the molecule is Cc1ncc(CNC(=O)c2cc(-n3nnnc3C(F)F)c3ncc(-c4ccc(C)o4)n3c2)cn1. The first-order chi connectivity index (χ1) is 16.4. The number of hydrogen-bond acceptors (Lipinski definition) is 8. The number of carbonyl (C=O) groups is 1. The highest BCUT2D eigenvalue weighted by molar-refractivity contribution is 5.95. The molecule has 5 aromatic heterocycles. The van der Waals surface area contributed by atoms with Crippen molar-refractivity contribution in [3.8, 4) is 17.1 Å². The number of tetrazole rings is 1. The molecule has 0 fully saturated rings. The Labute approximate surface area is 190 Å². The molecule has 0 saturated heterocycles.